The minimum Gasteiger partial charge on any atom is -0.507 e. The maximum absolute atomic E-state index is 13.1. The standard InChI is InChI=1S/C25H22ClNO5/c1-4-31-18-10-7-16(8-11-18)23(28)21-22(20-12-6-15(3)32-20)27(25(30)24(21)29)17-9-5-14(2)19(26)13-17/h5-13,22,28H,4H2,1-3H3/b23-21-. The topological polar surface area (TPSA) is 80.0 Å². The van der Waals surface area contributed by atoms with Gasteiger partial charge in [-0.1, -0.05) is 17.7 Å². The highest BCUT2D eigenvalue weighted by atomic mass is 35.5. The lowest BCUT2D eigenvalue weighted by atomic mass is 9.99. The summed E-state index contributed by atoms with van der Waals surface area (Å²) in [6.07, 6.45) is 0. The van der Waals surface area contributed by atoms with Crippen molar-refractivity contribution in [2.45, 2.75) is 26.8 Å². The zero-order valence-corrected chi connectivity index (χ0v) is 18.6. The largest absolute Gasteiger partial charge is 0.507 e. The van der Waals surface area contributed by atoms with E-state index >= 15 is 0 Å². The molecule has 0 bridgehead atoms. The number of furan rings is 1. The van der Waals surface area contributed by atoms with Crippen LogP contribution in [0.4, 0.5) is 5.69 Å². The Labute approximate surface area is 190 Å². The van der Waals surface area contributed by atoms with Crippen LogP contribution in [0.3, 0.4) is 0 Å². The quantitative estimate of drug-likeness (QED) is 0.311. The van der Waals surface area contributed by atoms with E-state index in [0.29, 0.717) is 40.2 Å². The lowest BCUT2D eigenvalue weighted by Gasteiger charge is -2.24. The van der Waals surface area contributed by atoms with Gasteiger partial charge in [0.15, 0.2) is 0 Å². The van der Waals surface area contributed by atoms with Gasteiger partial charge in [0, 0.05) is 16.3 Å². The number of aliphatic hydroxyl groups excluding tert-OH is 1. The van der Waals surface area contributed by atoms with Crippen molar-refractivity contribution in [3.05, 3.63) is 87.8 Å². The fraction of sp³-hybridized carbons (Fsp3) is 0.200. The summed E-state index contributed by atoms with van der Waals surface area (Å²) < 4.78 is 11.2. The van der Waals surface area contributed by atoms with Gasteiger partial charge in [0.05, 0.1) is 12.2 Å². The molecule has 0 aliphatic carbocycles. The van der Waals surface area contributed by atoms with Crippen molar-refractivity contribution in [3.8, 4) is 5.75 Å². The summed E-state index contributed by atoms with van der Waals surface area (Å²) in [5.41, 5.74) is 1.62. The number of Topliss-reactive ketones (excluding diaryl/α,β-unsaturated/α-hetero) is 1. The van der Waals surface area contributed by atoms with Crippen molar-refractivity contribution in [2.75, 3.05) is 11.5 Å². The van der Waals surface area contributed by atoms with Crippen LogP contribution in [0.2, 0.25) is 5.02 Å². The molecule has 1 aliphatic heterocycles. The molecule has 2 aromatic carbocycles. The van der Waals surface area contributed by atoms with Crippen molar-refractivity contribution in [1.82, 2.24) is 0 Å². The molecule has 0 radical (unpaired) electrons. The molecule has 164 valence electrons. The zero-order valence-electron chi connectivity index (χ0n) is 17.9. The second-order valence-electron chi connectivity index (χ2n) is 7.51. The zero-order chi connectivity index (χ0) is 23.0. The number of hydrogen-bond donors (Lipinski definition) is 1. The van der Waals surface area contributed by atoms with Gasteiger partial charge in [0.25, 0.3) is 11.7 Å². The van der Waals surface area contributed by atoms with E-state index in [1.54, 1.807) is 61.5 Å². The van der Waals surface area contributed by atoms with Gasteiger partial charge >= 0.3 is 0 Å². The van der Waals surface area contributed by atoms with Crippen LogP contribution in [0.5, 0.6) is 5.75 Å². The molecule has 1 saturated heterocycles. The first-order valence-corrected chi connectivity index (χ1v) is 10.6. The Balaban J connectivity index is 1.88. The minimum atomic E-state index is -0.936. The van der Waals surface area contributed by atoms with Crippen molar-refractivity contribution in [1.29, 1.82) is 0 Å². The van der Waals surface area contributed by atoms with E-state index in [1.807, 2.05) is 13.8 Å². The second kappa shape index (κ2) is 8.55. The molecule has 3 aromatic rings. The maximum atomic E-state index is 13.1. The first-order valence-electron chi connectivity index (χ1n) is 10.2. The SMILES string of the molecule is CCOc1ccc(/C(O)=C2/C(=O)C(=O)N(c3ccc(C)c(Cl)c3)C2c2ccc(C)o2)cc1. The molecule has 6 nitrogen and oxygen atoms in total. The monoisotopic (exact) mass is 451 g/mol. The van der Waals surface area contributed by atoms with Crippen LogP contribution in [0, 0.1) is 13.8 Å². The molecule has 1 amide bonds. The highest BCUT2D eigenvalue weighted by Crippen LogP contribution is 2.43. The summed E-state index contributed by atoms with van der Waals surface area (Å²) in [6, 6.07) is 14.3. The summed E-state index contributed by atoms with van der Waals surface area (Å²) in [4.78, 5) is 27.5. The predicted molar refractivity (Wildman–Crippen MR) is 122 cm³/mol. The van der Waals surface area contributed by atoms with E-state index in [4.69, 9.17) is 20.8 Å². The van der Waals surface area contributed by atoms with Crippen LogP contribution in [0.15, 0.2) is 64.6 Å². The molecule has 1 N–H and O–H groups in total. The number of aliphatic hydroxyl groups is 1. The van der Waals surface area contributed by atoms with Gasteiger partial charge in [0.1, 0.15) is 29.1 Å². The molecule has 32 heavy (non-hydrogen) atoms. The Kier molecular flexibility index (Phi) is 5.80. The Morgan fingerprint density at radius 2 is 1.81 bits per heavy atom. The molecule has 0 saturated carbocycles. The third-order valence-corrected chi connectivity index (χ3v) is 5.75. The first kappa shape index (κ1) is 21.7. The molecule has 1 unspecified atom stereocenters. The van der Waals surface area contributed by atoms with E-state index in [9.17, 15) is 14.7 Å². The second-order valence-corrected chi connectivity index (χ2v) is 7.92. The van der Waals surface area contributed by atoms with Gasteiger partial charge < -0.3 is 14.3 Å². The number of amides is 1. The Morgan fingerprint density at radius 1 is 1.09 bits per heavy atom. The number of carbonyl (C=O) groups excluding carboxylic acids is 2. The number of ether oxygens (including phenoxy) is 1. The van der Waals surface area contributed by atoms with E-state index < -0.39 is 17.7 Å². The molecule has 1 aromatic heterocycles. The number of hydrogen-bond acceptors (Lipinski definition) is 5. The van der Waals surface area contributed by atoms with Crippen LogP contribution < -0.4 is 9.64 Å². The van der Waals surface area contributed by atoms with E-state index in [2.05, 4.69) is 0 Å². The number of carbonyl (C=O) groups is 2. The van der Waals surface area contributed by atoms with E-state index in [1.165, 1.54) is 4.90 Å². The number of halogens is 1. The van der Waals surface area contributed by atoms with Crippen LogP contribution in [0.25, 0.3) is 5.76 Å². The maximum Gasteiger partial charge on any atom is 0.300 e. The number of aryl methyl sites for hydroxylation is 2. The number of ketones is 1. The van der Waals surface area contributed by atoms with Gasteiger partial charge in [0.2, 0.25) is 0 Å². The van der Waals surface area contributed by atoms with Crippen LogP contribution in [0.1, 0.15) is 35.6 Å². The van der Waals surface area contributed by atoms with Crippen LogP contribution >= 0.6 is 11.6 Å². The summed E-state index contributed by atoms with van der Waals surface area (Å²) in [5, 5.41) is 11.6. The van der Waals surface area contributed by atoms with Crippen molar-refractivity contribution >= 4 is 34.7 Å². The molecule has 4 rings (SSSR count). The van der Waals surface area contributed by atoms with Gasteiger partial charge in [-0.15, -0.1) is 0 Å². The number of nitrogens with zero attached hydrogens (tertiary/aromatic N) is 1. The first-order chi connectivity index (χ1) is 15.3. The fourth-order valence-electron chi connectivity index (χ4n) is 3.73. The van der Waals surface area contributed by atoms with Crippen molar-refractivity contribution < 1.29 is 23.8 Å². The van der Waals surface area contributed by atoms with Gasteiger partial charge in [-0.3, -0.25) is 14.5 Å². The van der Waals surface area contributed by atoms with Gasteiger partial charge in [-0.25, -0.2) is 0 Å². The Hall–Kier alpha value is -3.51. The average molecular weight is 452 g/mol. The third-order valence-electron chi connectivity index (χ3n) is 5.35. The van der Waals surface area contributed by atoms with Crippen molar-refractivity contribution in [2.24, 2.45) is 0 Å². The highest BCUT2D eigenvalue weighted by Gasteiger charge is 2.48. The summed E-state index contributed by atoms with van der Waals surface area (Å²) in [6.45, 7) is 6.00. The molecule has 7 heteroatoms. The minimum absolute atomic E-state index is 0.0507. The molecular formula is C25H22ClNO5. The third kappa shape index (κ3) is 3.78. The highest BCUT2D eigenvalue weighted by molar-refractivity contribution is 6.51. The lowest BCUT2D eigenvalue weighted by molar-refractivity contribution is -0.132. The summed E-state index contributed by atoms with van der Waals surface area (Å²) in [7, 11) is 0. The molecule has 1 aliphatic rings. The Morgan fingerprint density at radius 3 is 2.41 bits per heavy atom. The normalized spacial score (nSPS) is 17.8. The average Bonchev–Trinajstić information content (AvgIpc) is 3.31. The molecule has 1 atom stereocenters. The molecule has 2 heterocycles. The smallest absolute Gasteiger partial charge is 0.300 e. The van der Waals surface area contributed by atoms with Gasteiger partial charge in [-0.2, -0.15) is 0 Å². The number of benzene rings is 2. The summed E-state index contributed by atoms with van der Waals surface area (Å²) in [5.74, 6) is -0.230. The van der Waals surface area contributed by atoms with E-state index in [-0.39, 0.29) is 11.3 Å². The molecule has 1 fully saturated rings. The van der Waals surface area contributed by atoms with Crippen LogP contribution in [-0.2, 0) is 9.59 Å². The molecular weight excluding hydrogens is 430 g/mol. The Bertz CT molecular complexity index is 1230. The lowest BCUT2D eigenvalue weighted by Crippen LogP contribution is -2.29. The van der Waals surface area contributed by atoms with Crippen LogP contribution in [-0.4, -0.2) is 23.4 Å². The van der Waals surface area contributed by atoms with E-state index in [0.717, 1.165) is 5.56 Å². The fourth-order valence-corrected chi connectivity index (χ4v) is 3.91. The molecule has 0 spiro atoms. The predicted octanol–water partition coefficient (Wildman–Crippen LogP) is 5.57. The number of anilines is 1. The van der Waals surface area contributed by atoms with Gasteiger partial charge in [-0.05, 0) is 74.9 Å². The summed E-state index contributed by atoms with van der Waals surface area (Å²) >= 11 is 6.29. The van der Waals surface area contributed by atoms with Crippen molar-refractivity contribution in [3.63, 3.8) is 0 Å². The number of rotatable bonds is 5.